The maximum absolute atomic E-state index is 15.0. The lowest BCUT2D eigenvalue weighted by molar-refractivity contribution is -0.183. The topological polar surface area (TPSA) is 44.2 Å². The van der Waals surface area contributed by atoms with Gasteiger partial charge in [-0.15, -0.1) is 11.3 Å². The van der Waals surface area contributed by atoms with Gasteiger partial charge in [0.15, 0.2) is 11.9 Å². The lowest BCUT2D eigenvalue weighted by Crippen LogP contribution is -2.17. The Morgan fingerprint density at radius 1 is 0.935 bits per heavy atom. The van der Waals surface area contributed by atoms with Crippen LogP contribution >= 0.6 is 11.3 Å². The predicted octanol–water partition coefficient (Wildman–Crippen LogP) is 6.01. The molecular weight excluding hydrogens is 411 g/mol. The van der Waals surface area contributed by atoms with Crippen LogP contribution in [0.5, 0.6) is 0 Å². The molecule has 6 rings (SSSR count). The molecule has 4 aromatic rings. The quantitative estimate of drug-likeness (QED) is 0.396. The van der Waals surface area contributed by atoms with Gasteiger partial charge in [-0.3, -0.25) is 0 Å². The van der Waals surface area contributed by atoms with Crippen molar-refractivity contribution in [2.45, 2.75) is 31.0 Å². The summed E-state index contributed by atoms with van der Waals surface area (Å²) in [5.41, 5.74) is 4.19. The molecule has 0 unspecified atom stereocenters. The fourth-order valence-corrected chi connectivity index (χ4v) is 5.24. The molecule has 2 aromatic heterocycles. The first kappa shape index (κ1) is 19.0. The molecule has 2 aromatic carbocycles. The van der Waals surface area contributed by atoms with Gasteiger partial charge in [-0.05, 0) is 49.1 Å². The summed E-state index contributed by atoms with van der Waals surface area (Å²) in [6.45, 7) is 1.26. The summed E-state index contributed by atoms with van der Waals surface area (Å²) in [5.74, 6) is -0.322. The van der Waals surface area contributed by atoms with E-state index in [2.05, 4.69) is 41.4 Å². The van der Waals surface area contributed by atoms with Gasteiger partial charge in [0.05, 0.1) is 23.6 Å². The molecule has 0 bridgehead atoms. The molecule has 0 spiro atoms. The normalized spacial score (nSPS) is 18.4. The van der Waals surface area contributed by atoms with E-state index in [-0.39, 0.29) is 11.2 Å². The van der Waals surface area contributed by atoms with Gasteiger partial charge < -0.3 is 9.47 Å². The zero-order valence-electron chi connectivity index (χ0n) is 16.9. The Morgan fingerprint density at radius 3 is 2.48 bits per heavy atom. The number of rotatable bonds is 4. The number of hydrogen-bond acceptors (Lipinski definition) is 5. The number of hydrogen-bond donors (Lipinski definition) is 0. The Balaban J connectivity index is 1.33. The van der Waals surface area contributed by atoms with Gasteiger partial charge in [0, 0.05) is 16.5 Å². The summed E-state index contributed by atoms with van der Waals surface area (Å²) in [7, 11) is 0. The minimum atomic E-state index is -0.496. The van der Waals surface area contributed by atoms with Gasteiger partial charge >= 0.3 is 0 Å². The minimum Gasteiger partial charge on any atom is -0.348 e. The molecule has 31 heavy (non-hydrogen) atoms. The van der Waals surface area contributed by atoms with Crippen LogP contribution in [0.1, 0.15) is 42.4 Å². The van der Waals surface area contributed by atoms with Gasteiger partial charge in [0.25, 0.3) is 0 Å². The zero-order chi connectivity index (χ0) is 20.8. The first-order chi connectivity index (χ1) is 15.2. The highest BCUT2D eigenvalue weighted by Crippen LogP contribution is 2.53. The average molecular weight is 433 g/mol. The Kier molecular flexibility index (Phi) is 4.60. The molecule has 1 aliphatic carbocycles. The van der Waals surface area contributed by atoms with Crippen LogP contribution in [0.15, 0.2) is 60.7 Å². The van der Waals surface area contributed by atoms with Crippen molar-refractivity contribution in [3.05, 3.63) is 83.3 Å². The first-order valence-corrected chi connectivity index (χ1v) is 11.4. The van der Waals surface area contributed by atoms with Crippen LogP contribution in [0.2, 0.25) is 0 Å². The molecule has 0 N–H and O–H groups in total. The minimum absolute atomic E-state index is 0.00781. The molecule has 0 radical (unpaired) electrons. The van der Waals surface area contributed by atoms with E-state index in [4.69, 9.17) is 14.5 Å². The van der Waals surface area contributed by atoms with E-state index in [1.807, 2.05) is 12.1 Å². The third kappa shape index (κ3) is 3.35. The van der Waals surface area contributed by atoms with E-state index in [1.165, 1.54) is 23.0 Å². The Morgan fingerprint density at radius 2 is 1.74 bits per heavy atom. The van der Waals surface area contributed by atoms with Crippen LogP contribution in [0, 0.1) is 5.82 Å². The highest BCUT2D eigenvalue weighted by Gasteiger charge is 2.47. The maximum Gasteiger partial charge on any atom is 0.183 e. The lowest BCUT2D eigenvalue weighted by Gasteiger charge is -2.23. The van der Waals surface area contributed by atoms with Crippen LogP contribution < -0.4 is 0 Å². The number of ether oxygens (including phenoxy) is 2. The number of thiazole rings is 1. The zero-order valence-corrected chi connectivity index (χ0v) is 17.7. The highest BCUT2D eigenvalue weighted by molar-refractivity contribution is 7.21. The molecule has 1 saturated carbocycles. The Hall–Kier alpha value is -2.67. The van der Waals surface area contributed by atoms with Crippen molar-refractivity contribution in [1.29, 1.82) is 0 Å². The summed E-state index contributed by atoms with van der Waals surface area (Å²) >= 11 is 1.47. The van der Waals surface area contributed by atoms with Crippen molar-refractivity contribution in [3.63, 3.8) is 0 Å². The third-order valence-electron chi connectivity index (χ3n) is 6.14. The van der Waals surface area contributed by atoms with Crippen molar-refractivity contribution < 1.29 is 13.9 Å². The van der Waals surface area contributed by atoms with Crippen LogP contribution in [0.25, 0.3) is 20.9 Å². The fraction of sp³-hybridized carbons (Fsp3) is 0.280. The van der Waals surface area contributed by atoms with E-state index in [0.29, 0.717) is 35.0 Å². The van der Waals surface area contributed by atoms with E-state index >= 15 is 0 Å². The summed E-state index contributed by atoms with van der Waals surface area (Å²) in [5, 5.41) is 0.638. The first-order valence-electron chi connectivity index (χ1n) is 10.6. The highest BCUT2D eigenvalue weighted by atomic mass is 32.1. The summed E-state index contributed by atoms with van der Waals surface area (Å²) in [4.78, 5) is 9.58. The summed E-state index contributed by atoms with van der Waals surface area (Å²) in [6, 6.07) is 19.8. The number of aromatic nitrogens is 2. The summed E-state index contributed by atoms with van der Waals surface area (Å²) < 4.78 is 27.1. The summed E-state index contributed by atoms with van der Waals surface area (Å²) in [6.07, 6.45) is 2.55. The molecule has 3 heterocycles. The number of nitrogens with zero attached hydrogens (tertiary/aromatic N) is 2. The van der Waals surface area contributed by atoms with Crippen LogP contribution in [0.4, 0.5) is 4.39 Å². The second kappa shape index (κ2) is 7.48. The number of halogens is 1. The molecule has 6 heteroatoms. The molecule has 0 atom stereocenters. The molecular formula is C25H21FN2O2S. The van der Waals surface area contributed by atoms with Crippen molar-refractivity contribution in [2.75, 3.05) is 13.2 Å². The van der Waals surface area contributed by atoms with Gasteiger partial charge in [-0.1, -0.05) is 36.4 Å². The van der Waals surface area contributed by atoms with Crippen molar-refractivity contribution >= 4 is 21.7 Å². The second-order valence-corrected chi connectivity index (χ2v) is 9.18. The third-order valence-corrected chi connectivity index (χ3v) is 7.19. The van der Waals surface area contributed by atoms with E-state index in [0.717, 1.165) is 29.7 Å². The maximum atomic E-state index is 15.0. The molecule has 2 fully saturated rings. The number of benzene rings is 2. The van der Waals surface area contributed by atoms with E-state index in [1.54, 1.807) is 6.07 Å². The fourth-order valence-electron chi connectivity index (χ4n) is 4.31. The monoisotopic (exact) mass is 432 g/mol. The van der Waals surface area contributed by atoms with Gasteiger partial charge in [-0.25, -0.2) is 14.4 Å². The van der Waals surface area contributed by atoms with Gasteiger partial charge in [0.1, 0.15) is 10.8 Å². The molecule has 0 amide bonds. The molecule has 1 saturated heterocycles. The number of fused-ring (bicyclic) bond motifs is 1. The molecule has 4 nitrogen and oxygen atoms in total. The Bertz CT molecular complexity index is 1250. The van der Waals surface area contributed by atoms with Crippen LogP contribution in [0.3, 0.4) is 0 Å². The average Bonchev–Trinajstić information content (AvgIpc) is 3.53. The molecule has 156 valence electrons. The van der Waals surface area contributed by atoms with Crippen molar-refractivity contribution in [3.8, 4) is 10.6 Å². The van der Waals surface area contributed by atoms with Crippen LogP contribution in [-0.2, 0) is 14.9 Å². The molecule has 2 aliphatic rings. The van der Waals surface area contributed by atoms with Gasteiger partial charge in [-0.2, -0.15) is 0 Å². The number of pyridine rings is 1. The van der Waals surface area contributed by atoms with Gasteiger partial charge in [0.2, 0.25) is 0 Å². The smallest absolute Gasteiger partial charge is 0.183 e. The molecule has 1 aliphatic heterocycles. The second-order valence-electron chi connectivity index (χ2n) is 8.15. The van der Waals surface area contributed by atoms with E-state index in [9.17, 15) is 4.39 Å². The largest absolute Gasteiger partial charge is 0.348 e. The predicted molar refractivity (Wildman–Crippen MR) is 119 cm³/mol. The Labute approximate surface area is 183 Å². The lowest BCUT2D eigenvalue weighted by atomic mass is 9.92. The standard InChI is InChI=1S/C25H21FN2O2S/c26-19-15-16(24-29-13-4-14-30-24)7-8-18(19)23-28-22-20(31-23)9-10-21(27-22)25(11-12-25)17-5-2-1-3-6-17/h1-3,5-10,15,24H,4,11-14H2. The van der Waals surface area contributed by atoms with Crippen molar-refractivity contribution in [1.82, 2.24) is 9.97 Å². The SMILES string of the molecule is Fc1cc(C2OCCCO2)ccc1-c1nc2nc(C3(c4ccccc4)CC3)ccc2s1. The van der Waals surface area contributed by atoms with Crippen molar-refractivity contribution in [2.24, 2.45) is 0 Å². The van der Waals surface area contributed by atoms with Crippen LogP contribution in [-0.4, -0.2) is 23.2 Å². The van der Waals surface area contributed by atoms with E-state index < -0.39 is 6.29 Å².